The van der Waals surface area contributed by atoms with Crippen LogP contribution in [-0.4, -0.2) is 41.7 Å². The van der Waals surface area contributed by atoms with E-state index in [0.29, 0.717) is 17.2 Å². The molecule has 0 saturated carbocycles. The lowest BCUT2D eigenvalue weighted by atomic mass is 9.97. The minimum atomic E-state index is -3.89. The van der Waals surface area contributed by atoms with Crippen molar-refractivity contribution in [2.24, 2.45) is 5.14 Å². The van der Waals surface area contributed by atoms with E-state index >= 15 is 0 Å². The molecule has 146 valence electrons. The van der Waals surface area contributed by atoms with Crippen molar-refractivity contribution in [2.45, 2.75) is 24.7 Å². The molecule has 2 aromatic rings. The van der Waals surface area contributed by atoms with E-state index in [9.17, 15) is 8.42 Å². The van der Waals surface area contributed by atoms with Crippen molar-refractivity contribution in [2.75, 3.05) is 38.2 Å². The van der Waals surface area contributed by atoms with E-state index in [4.69, 9.17) is 9.88 Å². The highest BCUT2D eigenvalue weighted by atomic mass is 32.2. The molecule has 3 N–H and O–H groups in total. The van der Waals surface area contributed by atoms with Gasteiger partial charge < -0.3 is 15.0 Å². The summed E-state index contributed by atoms with van der Waals surface area (Å²) in [6, 6.07) is 11.2. The molecule has 0 aromatic heterocycles. The van der Waals surface area contributed by atoms with Gasteiger partial charge in [-0.05, 0) is 29.2 Å². The molecule has 3 rings (SSSR count). The molecule has 1 saturated heterocycles. The number of nitrogens with zero attached hydrogens (tertiary/aromatic N) is 1. The Hall–Kier alpha value is -2.09. The molecule has 1 aliphatic heterocycles. The average Bonchev–Trinajstić information content (AvgIpc) is 2.66. The fourth-order valence-corrected chi connectivity index (χ4v) is 4.23. The van der Waals surface area contributed by atoms with Gasteiger partial charge >= 0.3 is 0 Å². The summed E-state index contributed by atoms with van der Waals surface area (Å²) in [5, 5.41) is 8.88. The molecule has 2 aromatic carbocycles. The topological polar surface area (TPSA) is 84.7 Å². The number of methoxy groups -OCH3 is 1. The minimum Gasteiger partial charge on any atom is -0.495 e. The van der Waals surface area contributed by atoms with Crippen LogP contribution in [0.3, 0.4) is 0 Å². The van der Waals surface area contributed by atoms with Crippen LogP contribution < -0.4 is 20.1 Å². The number of hydrogen-bond acceptors (Lipinski definition) is 5. The fourth-order valence-electron chi connectivity index (χ4n) is 3.47. The van der Waals surface area contributed by atoms with Crippen LogP contribution in [0, 0.1) is 0 Å². The van der Waals surface area contributed by atoms with Crippen LogP contribution in [0.5, 0.6) is 5.75 Å². The number of sulfonamides is 1. The predicted molar refractivity (Wildman–Crippen MR) is 109 cm³/mol. The zero-order valence-corrected chi connectivity index (χ0v) is 16.8. The van der Waals surface area contributed by atoms with Gasteiger partial charge in [0.1, 0.15) is 5.75 Å². The van der Waals surface area contributed by atoms with E-state index < -0.39 is 10.0 Å². The maximum Gasteiger partial charge on any atom is 0.238 e. The van der Waals surface area contributed by atoms with Crippen molar-refractivity contribution in [3.05, 3.63) is 42.0 Å². The van der Waals surface area contributed by atoms with Crippen LogP contribution in [0.25, 0.3) is 11.1 Å². The molecular weight excluding hydrogens is 362 g/mol. The standard InChI is InChI=1S/C20H27N3O3S/c1-14(2)15-4-6-16(7-5-15)19-18(27(21,24)25)9-8-17(26-3)20(19)23-12-10-22-11-13-23/h4-9,14,22H,10-13H2,1-3H3,(H2,21,24,25). The maximum absolute atomic E-state index is 12.3. The summed E-state index contributed by atoms with van der Waals surface area (Å²) >= 11 is 0. The number of anilines is 1. The van der Waals surface area contributed by atoms with E-state index in [1.54, 1.807) is 13.2 Å². The van der Waals surface area contributed by atoms with Gasteiger partial charge in [-0.1, -0.05) is 38.1 Å². The molecular formula is C20H27N3O3S. The summed E-state index contributed by atoms with van der Waals surface area (Å²) in [5.41, 5.74) is 3.40. The van der Waals surface area contributed by atoms with E-state index in [1.807, 2.05) is 24.3 Å². The minimum absolute atomic E-state index is 0.120. The summed E-state index contributed by atoms with van der Waals surface area (Å²) in [6.45, 7) is 7.44. The maximum atomic E-state index is 12.3. The Morgan fingerprint density at radius 3 is 2.22 bits per heavy atom. The van der Waals surface area contributed by atoms with E-state index in [0.717, 1.165) is 37.4 Å². The second kappa shape index (κ2) is 7.88. The van der Waals surface area contributed by atoms with Crippen molar-refractivity contribution in [3.63, 3.8) is 0 Å². The van der Waals surface area contributed by atoms with Gasteiger partial charge in [-0.15, -0.1) is 0 Å². The van der Waals surface area contributed by atoms with E-state index in [1.165, 1.54) is 11.6 Å². The first-order chi connectivity index (χ1) is 12.8. The number of rotatable bonds is 5. The number of nitrogens with two attached hydrogens (primary N) is 1. The predicted octanol–water partition coefficient (Wildman–Crippen LogP) is 2.54. The third-order valence-corrected chi connectivity index (χ3v) is 5.88. The largest absolute Gasteiger partial charge is 0.495 e. The summed E-state index contributed by atoms with van der Waals surface area (Å²) < 4.78 is 30.3. The van der Waals surface area contributed by atoms with Crippen molar-refractivity contribution in [1.29, 1.82) is 0 Å². The Labute approximate surface area is 161 Å². The molecule has 7 heteroatoms. The monoisotopic (exact) mass is 389 g/mol. The molecule has 0 unspecified atom stereocenters. The van der Waals surface area contributed by atoms with Gasteiger partial charge in [0.25, 0.3) is 0 Å². The first-order valence-electron chi connectivity index (χ1n) is 9.12. The quantitative estimate of drug-likeness (QED) is 0.821. The molecule has 6 nitrogen and oxygen atoms in total. The molecule has 0 bridgehead atoms. The van der Waals surface area contributed by atoms with Crippen molar-refractivity contribution in [1.82, 2.24) is 5.32 Å². The van der Waals surface area contributed by atoms with Gasteiger partial charge in [0, 0.05) is 31.7 Å². The van der Waals surface area contributed by atoms with Gasteiger partial charge in [-0.3, -0.25) is 0 Å². The smallest absolute Gasteiger partial charge is 0.238 e. The zero-order valence-electron chi connectivity index (χ0n) is 16.0. The third-order valence-electron chi connectivity index (χ3n) is 4.93. The van der Waals surface area contributed by atoms with E-state index in [-0.39, 0.29) is 4.90 Å². The summed E-state index contributed by atoms with van der Waals surface area (Å²) in [4.78, 5) is 2.28. The van der Waals surface area contributed by atoms with Crippen LogP contribution in [0.15, 0.2) is 41.3 Å². The first kappa shape index (κ1) is 19.7. The van der Waals surface area contributed by atoms with Crippen LogP contribution in [0.1, 0.15) is 25.3 Å². The summed E-state index contributed by atoms with van der Waals surface area (Å²) in [6.07, 6.45) is 0. The molecule has 0 radical (unpaired) electrons. The Bertz CT molecular complexity index is 903. The second-order valence-corrected chi connectivity index (χ2v) is 8.58. The third kappa shape index (κ3) is 4.10. The van der Waals surface area contributed by atoms with E-state index in [2.05, 4.69) is 24.1 Å². The lowest BCUT2D eigenvalue weighted by Crippen LogP contribution is -2.44. The first-order valence-corrected chi connectivity index (χ1v) is 10.7. The van der Waals surface area contributed by atoms with Crippen molar-refractivity contribution in [3.8, 4) is 16.9 Å². The molecule has 1 aliphatic rings. The van der Waals surface area contributed by atoms with Crippen molar-refractivity contribution < 1.29 is 13.2 Å². The molecule has 0 amide bonds. The van der Waals surface area contributed by atoms with Crippen LogP contribution in [0.2, 0.25) is 0 Å². The van der Waals surface area contributed by atoms with Gasteiger partial charge in [0.05, 0.1) is 17.7 Å². The van der Waals surface area contributed by atoms with Crippen LogP contribution in [-0.2, 0) is 10.0 Å². The average molecular weight is 390 g/mol. The molecule has 0 atom stereocenters. The zero-order chi connectivity index (χ0) is 19.6. The Balaban J connectivity index is 2.27. The number of ether oxygens (including phenoxy) is 1. The number of benzene rings is 2. The van der Waals surface area contributed by atoms with Crippen molar-refractivity contribution >= 4 is 15.7 Å². The van der Waals surface area contributed by atoms with Gasteiger partial charge in [-0.25, -0.2) is 13.6 Å². The number of nitrogens with one attached hydrogen (secondary N) is 1. The Kier molecular flexibility index (Phi) is 5.74. The molecule has 0 spiro atoms. The molecule has 1 fully saturated rings. The lowest BCUT2D eigenvalue weighted by Gasteiger charge is -2.33. The Morgan fingerprint density at radius 1 is 1.07 bits per heavy atom. The molecule has 0 aliphatic carbocycles. The summed E-state index contributed by atoms with van der Waals surface area (Å²) in [5.74, 6) is 1.04. The number of primary sulfonamides is 1. The van der Waals surface area contributed by atoms with Crippen LogP contribution >= 0.6 is 0 Å². The van der Waals surface area contributed by atoms with Crippen LogP contribution in [0.4, 0.5) is 5.69 Å². The van der Waals surface area contributed by atoms with Gasteiger partial charge in [0.2, 0.25) is 10.0 Å². The SMILES string of the molecule is COc1ccc(S(N)(=O)=O)c(-c2ccc(C(C)C)cc2)c1N1CCNCC1. The molecule has 1 heterocycles. The second-order valence-electron chi connectivity index (χ2n) is 7.05. The van der Waals surface area contributed by atoms with Gasteiger partial charge in [0.15, 0.2) is 0 Å². The van der Waals surface area contributed by atoms with Gasteiger partial charge in [-0.2, -0.15) is 0 Å². The molecule has 27 heavy (non-hydrogen) atoms. The highest BCUT2D eigenvalue weighted by Gasteiger charge is 2.26. The normalized spacial score (nSPS) is 15.2. The highest BCUT2D eigenvalue weighted by molar-refractivity contribution is 7.89. The summed E-state index contributed by atoms with van der Waals surface area (Å²) in [7, 11) is -2.29. The Morgan fingerprint density at radius 2 is 1.70 bits per heavy atom. The number of piperazine rings is 1. The number of hydrogen-bond donors (Lipinski definition) is 2. The fraction of sp³-hybridized carbons (Fsp3) is 0.400. The highest BCUT2D eigenvalue weighted by Crippen LogP contribution is 2.43. The lowest BCUT2D eigenvalue weighted by molar-refractivity contribution is 0.413.